The Kier molecular flexibility index (Phi) is 6.15. The van der Waals surface area contributed by atoms with Crippen LogP contribution in [0.1, 0.15) is 0 Å². The van der Waals surface area contributed by atoms with Crippen LogP contribution in [-0.4, -0.2) is 19.5 Å². The van der Waals surface area contributed by atoms with Gasteiger partial charge in [0.25, 0.3) is 0 Å². The predicted molar refractivity (Wildman–Crippen MR) is 203 cm³/mol. The number of hydrogen-bond acceptors (Lipinski definition) is 3. The Morgan fingerprint density at radius 3 is 1.41 bits per heavy atom. The first kappa shape index (κ1) is 27.5. The highest BCUT2D eigenvalue weighted by Gasteiger charge is 2.21. The molecule has 0 fully saturated rings. The van der Waals surface area contributed by atoms with Crippen LogP contribution in [0, 0.1) is 0 Å². The average Bonchev–Trinajstić information content (AvgIpc) is 3.55. The molecule has 0 bridgehead atoms. The molecule has 8 aromatic carbocycles. The van der Waals surface area contributed by atoms with Crippen LogP contribution < -0.4 is 0 Å². The summed E-state index contributed by atoms with van der Waals surface area (Å²) in [6, 6.07) is 59.7. The van der Waals surface area contributed by atoms with Crippen molar-refractivity contribution in [1.29, 1.82) is 0 Å². The third kappa shape index (κ3) is 4.35. The third-order valence-corrected chi connectivity index (χ3v) is 9.61. The zero-order valence-electron chi connectivity index (χ0n) is 26.5. The molecule has 4 heteroatoms. The molecule has 49 heavy (non-hydrogen) atoms. The van der Waals surface area contributed by atoms with Crippen LogP contribution in [0.25, 0.3) is 94.0 Å². The van der Waals surface area contributed by atoms with Gasteiger partial charge in [-0.15, -0.1) is 0 Å². The summed E-state index contributed by atoms with van der Waals surface area (Å²) in [5.41, 5.74) is 6.32. The van der Waals surface area contributed by atoms with E-state index in [1.165, 1.54) is 54.1 Å². The van der Waals surface area contributed by atoms with Crippen molar-refractivity contribution < 1.29 is 0 Å². The lowest BCUT2D eigenvalue weighted by Crippen LogP contribution is -2.00. The van der Waals surface area contributed by atoms with Crippen molar-refractivity contribution in [2.24, 2.45) is 0 Å². The van der Waals surface area contributed by atoms with E-state index in [1.54, 1.807) is 0 Å². The fourth-order valence-electron chi connectivity index (χ4n) is 7.40. The molecule has 0 saturated carbocycles. The van der Waals surface area contributed by atoms with Crippen LogP contribution in [0.2, 0.25) is 0 Å². The number of aromatic nitrogens is 4. The third-order valence-electron chi connectivity index (χ3n) is 9.61. The Bertz CT molecular complexity index is 2800. The molecule has 0 spiro atoms. The molecular formula is C45H28N4. The molecule has 0 aliphatic carbocycles. The second-order valence-electron chi connectivity index (χ2n) is 12.4. The van der Waals surface area contributed by atoms with E-state index >= 15 is 0 Å². The van der Waals surface area contributed by atoms with Gasteiger partial charge in [0.15, 0.2) is 17.5 Å². The molecule has 0 aliphatic heterocycles. The normalized spacial score (nSPS) is 11.7. The van der Waals surface area contributed by atoms with Gasteiger partial charge in [-0.2, -0.15) is 0 Å². The summed E-state index contributed by atoms with van der Waals surface area (Å²) < 4.78 is 2.44. The fourth-order valence-corrected chi connectivity index (χ4v) is 7.40. The minimum absolute atomic E-state index is 0.643. The highest BCUT2D eigenvalue weighted by molar-refractivity contribution is 6.35. The van der Waals surface area contributed by atoms with Crippen molar-refractivity contribution in [3.05, 3.63) is 170 Å². The van der Waals surface area contributed by atoms with Crippen LogP contribution >= 0.6 is 0 Å². The van der Waals surface area contributed by atoms with E-state index in [2.05, 4.69) is 114 Å². The zero-order valence-corrected chi connectivity index (χ0v) is 26.5. The number of nitrogens with zero attached hydrogens (tertiary/aromatic N) is 4. The van der Waals surface area contributed by atoms with Crippen molar-refractivity contribution in [3.63, 3.8) is 0 Å². The summed E-state index contributed by atoms with van der Waals surface area (Å²) in [5.74, 6) is 1.95. The maximum atomic E-state index is 4.97. The Labute approximate surface area is 282 Å². The molecule has 0 atom stereocenters. The summed E-state index contributed by atoms with van der Waals surface area (Å²) in [6.45, 7) is 0. The van der Waals surface area contributed by atoms with Gasteiger partial charge in [-0.25, -0.2) is 15.0 Å². The predicted octanol–water partition coefficient (Wildman–Crippen LogP) is 11.4. The van der Waals surface area contributed by atoms with Crippen molar-refractivity contribution in [3.8, 4) is 39.9 Å². The lowest BCUT2D eigenvalue weighted by Gasteiger charge is -2.13. The summed E-state index contributed by atoms with van der Waals surface area (Å²) >= 11 is 0. The van der Waals surface area contributed by atoms with E-state index in [1.807, 2.05) is 60.7 Å². The zero-order chi connectivity index (χ0) is 32.3. The fraction of sp³-hybridized carbons (Fsp3) is 0. The van der Waals surface area contributed by atoms with Crippen LogP contribution in [0.5, 0.6) is 0 Å². The van der Waals surface area contributed by atoms with Gasteiger partial charge < -0.3 is 4.57 Å². The molecular weight excluding hydrogens is 597 g/mol. The van der Waals surface area contributed by atoms with E-state index in [-0.39, 0.29) is 0 Å². The molecule has 0 saturated heterocycles. The number of fused-ring (bicyclic) bond motifs is 10. The monoisotopic (exact) mass is 624 g/mol. The van der Waals surface area contributed by atoms with Crippen LogP contribution in [0.15, 0.2) is 170 Å². The lowest BCUT2D eigenvalue weighted by molar-refractivity contribution is 1.07. The van der Waals surface area contributed by atoms with Gasteiger partial charge in [0.2, 0.25) is 0 Å². The SMILES string of the molecule is c1ccc(-c2nc(-c3ccccc3)nc(-c3ccc(-n4c5ccc6ccccc6c5c5c6ccccc6c6ccccc6c54)cc3)n2)cc1. The maximum Gasteiger partial charge on any atom is 0.164 e. The van der Waals surface area contributed by atoms with Gasteiger partial charge in [0, 0.05) is 38.5 Å². The van der Waals surface area contributed by atoms with Gasteiger partial charge in [0.05, 0.1) is 11.0 Å². The number of hydrogen-bond donors (Lipinski definition) is 0. The smallest absolute Gasteiger partial charge is 0.164 e. The van der Waals surface area contributed by atoms with E-state index in [9.17, 15) is 0 Å². The quantitative estimate of drug-likeness (QED) is 0.183. The first-order chi connectivity index (χ1) is 24.3. The molecule has 0 N–H and O–H groups in total. The average molecular weight is 625 g/mol. The molecule has 0 amide bonds. The summed E-state index contributed by atoms with van der Waals surface area (Å²) in [4.78, 5) is 14.8. The number of rotatable bonds is 4. The van der Waals surface area contributed by atoms with Crippen molar-refractivity contribution in [1.82, 2.24) is 19.5 Å². The first-order valence-electron chi connectivity index (χ1n) is 16.5. The Balaban J connectivity index is 1.23. The van der Waals surface area contributed by atoms with E-state index in [0.29, 0.717) is 17.5 Å². The van der Waals surface area contributed by atoms with Crippen molar-refractivity contribution >= 4 is 54.1 Å². The Hall–Kier alpha value is -6.65. The highest BCUT2D eigenvalue weighted by atomic mass is 15.0. The Morgan fingerprint density at radius 2 is 0.796 bits per heavy atom. The number of benzene rings is 8. The van der Waals surface area contributed by atoms with Gasteiger partial charge >= 0.3 is 0 Å². The minimum atomic E-state index is 0.643. The molecule has 2 heterocycles. The van der Waals surface area contributed by atoms with Gasteiger partial charge in [-0.1, -0.05) is 140 Å². The molecule has 2 aromatic heterocycles. The molecule has 228 valence electrons. The van der Waals surface area contributed by atoms with Crippen LogP contribution in [0.4, 0.5) is 0 Å². The molecule has 4 nitrogen and oxygen atoms in total. The van der Waals surface area contributed by atoms with Gasteiger partial charge in [-0.05, 0) is 57.3 Å². The first-order valence-corrected chi connectivity index (χ1v) is 16.5. The van der Waals surface area contributed by atoms with Gasteiger partial charge in [0.1, 0.15) is 0 Å². The van der Waals surface area contributed by atoms with Crippen LogP contribution in [0.3, 0.4) is 0 Å². The molecule has 0 unspecified atom stereocenters. The summed E-state index contributed by atoms with van der Waals surface area (Å²) in [5, 5.41) is 10.1. The maximum absolute atomic E-state index is 4.97. The van der Waals surface area contributed by atoms with Gasteiger partial charge in [-0.3, -0.25) is 0 Å². The summed E-state index contributed by atoms with van der Waals surface area (Å²) in [6.07, 6.45) is 0. The highest BCUT2D eigenvalue weighted by Crippen LogP contribution is 2.44. The largest absolute Gasteiger partial charge is 0.309 e. The summed E-state index contributed by atoms with van der Waals surface area (Å²) in [7, 11) is 0. The molecule has 0 radical (unpaired) electrons. The van der Waals surface area contributed by atoms with Crippen molar-refractivity contribution in [2.75, 3.05) is 0 Å². The second kappa shape index (κ2) is 11.0. The van der Waals surface area contributed by atoms with E-state index in [0.717, 1.165) is 22.4 Å². The second-order valence-corrected chi connectivity index (χ2v) is 12.4. The lowest BCUT2D eigenvalue weighted by atomic mass is 9.95. The Morgan fingerprint density at radius 1 is 0.327 bits per heavy atom. The van der Waals surface area contributed by atoms with Crippen molar-refractivity contribution in [2.45, 2.75) is 0 Å². The topological polar surface area (TPSA) is 43.6 Å². The molecule has 0 aliphatic rings. The minimum Gasteiger partial charge on any atom is -0.309 e. The van der Waals surface area contributed by atoms with E-state index < -0.39 is 0 Å². The van der Waals surface area contributed by atoms with Crippen LogP contribution in [-0.2, 0) is 0 Å². The molecule has 10 rings (SSSR count). The van der Waals surface area contributed by atoms with E-state index in [4.69, 9.17) is 15.0 Å². The molecule has 10 aromatic rings. The standard InChI is InChI=1S/C45H28N4/c1-3-14-30(15-4-1)43-46-44(31-16-5-2-6-17-31)48-45(47-43)32-23-26-33(27-24-32)49-39-28-25-29-13-7-8-18-34(29)40(39)41-37-21-11-9-19-35(37)36-20-10-12-22-38(36)42(41)49/h1-28H.